The molecule has 0 aliphatic carbocycles. The SMILES string of the molecule is Cl.Cn1ccnc1C1CNCCN1C(=O)c1ccc([N+](=O)[O-])cc1Br. The third kappa shape index (κ3) is 3.83. The Balaban J connectivity index is 0.00000225. The van der Waals surface area contributed by atoms with Gasteiger partial charge in [-0.2, -0.15) is 0 Å². The molecular weight excluding hydrogens is 414 g/mol. The van der Waals surface area contributed by atoms with Gasteiger partial charge in [0, 0.05) is 55.7 Å². The molecular formula is C15H17BrClN5O3. The highest BCUT2D eigenvalue weighted by molar-refractivity contribution is 9.10. The predicted octanol–water partition coefficient (Wildman–Crippen LogP) is 2.30. The Labute approximate surface area is 158 Å². The summed E-state index contributed by atoms with van der Waals surface area (Å²) in [5.41, 5.74) is 0.348. The number of nitrogens with zero attached hydrogens (tertiary/aromatic N) is 4. The first-order chi connectivity index (χ1) is 11.5. The van der Waals surface area contributed by atoms with Crippen LogP contribution in [0, 0.1) is 10.1 Å². The van der Waals surface area contributed by atoms with Gasteiger partial charge in [-0.1, -0.05) is 0 Å². The highest BCUT2D eigenvalue weighted by atomic mass is 79.9. The Bertz CT molecular complexity index is 797. The smallest absolute Gasteiger partial charge is 0.270 e. The van der Waals surface area contributed by atoms with Crippen LogP contribution in [-0.4, -0.2) is 44.9 Å². The first-order valence-electron chi connectivity index (χ1n) is 7.42. The van der Waals surface area contributed by atoms with Crippen molar-refractivity contribution in [3.8, 4) is 0 Å². The number of piperazine rings is 1. The van der Waals surface area contributed by atoms with E-state index < -0.39 is 4.92 Å². The summed E-state index contributed by atoms with van der Waals surface area (Å²) in [6.45, 7) is 1.85. The molecule has 1 fully saturated rings. The van der Waals surface area contributed by atoms with Crippen molar-refractivity contribution in [1.29, 1.82) is 0 Å². The fourth-order valence-corrected chi connectivity index (χ4v) is 3.36. The topological polar surface area (TPSA) is 93.3 Å². The Morgan fingerprint density at radius 3 is 2.84 bits per heavy atom. The molecule has 3 rings (SSSR count). The van der Waals surface area contributed by atoms with Gasteiger partial charge in [0.1, 0.15) is 11.9 Å². The zero-order chi connectivity index (χ0) is 17.3. The molecule has 1 saturated heterocycles. The van der Waals surface area contributed by atoms with Gasteiger partial charge in [-0.3, -0.25) is 14.9 Å². The molecule has 1 aromatic heterocycles. The number of non-ortho nitro benzene ring substituents is 1. The van der Waals surface area contributed by atoms with Gasteiger partial charge in [0.25, 0.3) is 11.6 Å². The first kappa shape index (κ1) is 19.4. The summed E-state index contributed by atoms with van der Waals surface area (Å²) in [5.74, 6) is 0.625. The van der Waals surface area contributed by atoms with E-state index in [2.05, 4.69) is 26.2 Å². The number of carbonyl (C=O) groups excluding carboxylic acids is 1. The number of nitrogens with one attached hydrogen (secondary N) is 1. The molecule has 1 aliphatic rings. The molecule has 8 nitrogen and oxygen atoms in total. The number of aromatic nitrogens is 2. The van der Waals surface area contributed by atoms with E-state index in [0.29, 0.717) is 29.7 Å². The molecule has 1 amide bonds. The Kier molecular flexibility index (Phi) is 6.15. The van der Waals surface area contributed by atoms with E-state index in [4.69, 9.17) is 0 Å². The Hall–Kier alpha value is -1.97. The third-order valence-corrected chi connectivity index (χ3v) is 4.71. The van der Waals surface area contributed by atoms with Crippen molar-refractivity contribution < 1.29 is 9.72 Å². The quantitative estimate of drug-likeness (QED) is 0.596. The van der Waals surface area contributed by atoms with E-state index in [1.165, 1.54) is 18.2 Å². The van der Waals surface area contributed by atoms with Gasteiger partial charge in [0.2, 0.25) is 0 Å². The summed E-state index contributed by atoms with van der Waals surface area (Å²) in [4.78, 5) is 29.5. The average Bonchev–Trinajstić information content (AvgIpc) is 3.00. The number of carbonyl (C=O) groups is 1. The molecule has 134 valence electrons. The molecule has 1 N–H and O–H groups in total. The second-order valence-corrected chi connectivity index (χ2v) is 6.39. The summed E-state index contributed by atoms with van der Waals surface area (Å²) in [6, 6.07) is 4.00. The second-order valence-electron chi connectivity index (χ2n) is 5.54. The molecule has 0 radical (unpaired) electrons. The summed E-state index contributed by atoms with van der Waals surface area (Å²) in [6.07, 6.45) is 3.54. The lowest BCUT2D eigenvalue weighted by Crippen LogP contribution is -2.49. The molecule has 10 heteroatoms. The van der Waals surface area contributed by atoms with Gasteiger partial charge in [-0.15, -0.1) is 12.4 Å². The predicted molar refractivity (Wildman–Crippen MR) is 97.9 cm³/mol. The van der Waals surface area contributed by atoms with Gasteiger partial charge in [-0.05, 0) is 22.0 Å². The lowest BCUT2D eigenvalue weighted by Gasteiger charge is -2.36. The Morgan fingerprint density at radius 1 is 1.48 bits per heavy atom. The van der Waals surface area contributed by atoms with Crippen molar-refractivity contribution in [2.45, 2.75) is 6.04 Å². The number of imidazole rings is 1. The molecule has 2 aromatic rings. The number of amides is 1. The monoisotopic (exact) mass is 429 g/mol. The normalized spacial score (nSPS) is 17.0. The largest absolute Gasteiger partial charge is 0.336 e. The van der Waals surface area contributed by atoms with Crippen LogP contribution in [0.3, 0.4) is 0 Å². The third-order valence-electron chi connectivity index (χ3n) is 4.05. The lowest BCUT2D eigenvalue weighted by molar-refractivity contribution is -0.384. The average molecular weight is 431 g/mol. The van der Waals surface area contributed by atoms with E-state index in [9.17, 15) is 14.9 Å². The fraction of sp³-hybridized carbons (Fsp3) is 0.333. The zero-order valence-corrected chi connectivity index (χ0v) is 15.8. The van der Waals surface area contributed by atoms with Gasteiger partial charge in [0.15, 0.2) is 0 Å². The summed E-state index contributed by atoms with van der Waals surface area (Å²) in [7, 11) is 1.89. The standard InChI is InChI=1S/C15H16BrN5O3.ClH/c1-19-6-5-18-14(19)13-9-17-4-7-20(13)15(22)11-3-2-10(21(23)24)8-12(11)16;/h2-3,5-6,8,13,17H,4,7,9H2,1H3;1H. The number of nitro groups is 1. The number of aryl methyl sites for hydroxylation is 1. The number of hydrogen-bond donors (Lipinski definition) is 1. The molecule has 1 atom stereocenters. The van der Waals surface area contributed by atoms with Crippen LogP contribution in [0.1, 0.15) is 22.2 Å². The number of hydrogen-bond acceptors (Lipinski definition) is 5. The minimum atomic E-state index is -0.486. The first-order valence-corrected chi connectivity index (χ1v) is 8.21. The van der Waals surface area contributed by atoms with Crippen LogP contribution in [0.5, 0.6) is 0 Å². The van der Waals surface area contributed by atoms with Gasteiger partial charge >= 0.3 is 0 Å². The number of rotatable bonds is 3. The molecule has 1 aromatic carbocycles. The van der Waals surface area contributed by atoms with Crippen LogP contribution >= 0.6 is 28.3 Å². The maximum Gasteiger partial charge on any atom is 0.270 e. The molecule has 2 heterocycles. The van der Waals surface area contributed by atoms with Crippen LogP contribution in [0.4, 0.5) is 5.69 Å². The van der Waals surface area contributed by atoms with Crippen molar-refractivity contribution in [2.75, 3.05) is 19.6 Å². The minimum Gasteiger partial charge on any atom is -0.336 e. The molecule has 1 aliphatic heterocycles. The van der Waals surface area contributed by atoms with E-state index >= 15 is 0 Å². The lowest BCUT2D eigenvalue weighted by atomic mass is 10.1. The number of halogens is 2. The highest BCUT2D eigenvalue weighted by Crippen LogP contribution is 2.28. The van der Waals surface area contributed by atoms with Crippen LogP contribution < -0.4 is 5.32 Å². The van der Waals surface area contributed by atoms with Crippen LogP contribution in [-0.2, 0) is 7.05 Å². The summed E-state index contributed by atoms with van der Waals surface area (Å²) in [5, 5.41) is 14.1. The number of nitro benzene ring substituents is 1. The van der Waals surface area contributed by atoms with Crippen LogP contribution in [0.2, 0.25) is 0 Å². The molecule has 0 spiro atoms. The van der Waals surface area contributed by atoms with E-state index in [-0.39, 0.29) is 30.0 Å². The zero-order valence-electron chi connectivity index (χ0n) is 13.4. The van der Waals surface area contributed by atoms with Crippen molar-refractivity contribution in [3.05, 3.63) is 56.6 Å². The van der Waals surface area contributed by atoms with Gasteiger partial charge < -0.3 is 14.8 Å². The van der Waals surface area contributed by atoms with Crippen molar-refractivity contribution in [1.82, 2.24) is 19.8 Å². The molecule has 0 saturated carbocycles. The van der Waals surface area contributed by atoms with Crippen molar-refractivity contribution in [2.24, 2.45) is 7.05 Å². The molecule has 1 unspecified atom stereocenters. The Morgan fingerprint density at radius 2 is 2.24 bits per heavy atom. The van der Waals surface area contributed by atoms with Crippen LogP contribution in [0.25, 0.3) is 0 Å². The maximum atomic E-state index is 13.0. The van der Waals surface area contributed by atoms with Gasteiger partial charge in [0.05, 0.1) is 10.5 Å². The molecule has 0 bridgehead atoms. The van der Waals surface area contributed by atoms with Crippen molar-refractivity contribution in [3.63, 3.8) is 0 Å². The molecule has 25 heavy (non-hydrogen) atoms. The maximum absolute atomic E-state index is 13.0. The minimum absolute atomic E-state index is 0. The van der Waals surface area contributed by atoms with E-state index in [0.717, 1.165) is 5.82 Å². The van der Waals surface area contributed by atoms with Gasteiger partial charge in [-0.25, -0.2) is 4.98 Å². The van der Waals surface area contributed by atoms with E-state index in [1.807, 2.05) is 17.8 Å². The second kappa shape index (κ2) is 7.94. The highest BCUT2D eigenvalue weighted by Gasteiger charge is 2.32. The fourth-order valence-electron chi connectivity index (χ4n) is 2.82. The number of benzene rings is 1. The van der Waals surface area contributed by atoms with Crippen molar-refractivity contribution >= 4 is 39.9 Å². The summed E-state index contributed by atoms with van der Waals surface area (Å²) < 4.78 is 2.31. The summed E-state index contributed by atoms with van der Waals surface area (Å²) >= 11 is 3.28. The van der Waals surface area contributed by atoms with E-state index in [1.54, 1.807) is 11.1 Å². The van der Waals surface area contributed by atoms with Crippen LogP contribution in [0.15, 0.2) is 35.1 Å².